The van der Waals surface area contributed by atoms with Crippen LogP contribution in [0.4, 0.5) is 0 Å². The molecule has 214 valence electrons. The predicted molar refractivity (Wildman–Crippen MR) is 150 cm³/mol. The Morgan fingerprint density at radius 2 is 1.88 bits per heavy atom. The summed E-state index contributed by atoms with van der Waals surface area (Å²) in [6, 6.07) is 2.50. The summed E-state index contributed by atoms with van der Waals surface area (Å²) in [6.45, 7) is 4.41. The van der Waals surface area contributed by atoms with Crippen molar-refractivity contribution < 1.29 is 30.0 Å². The average molecular weight is 550 g/mol. The number of allylic oxidation sites excluding steroid dienone is 1. The molecule has 5 rings (SSSR count). The third-order valence-corrected chi connectivity index (χ3v) is 9.26. The number of primary amides is 1. The second-order valence-corrected chi connectivity index (χ2v) is 12.0. The zero-order chi connectivity index (χ0) is 28.9. The summed E-state index contributed by atoms with van der Waals surface area (Å²) in [5, 5.41) is 44.8. The van der Waals surface area contributed by atoms with Crippen LogP contribution in [0.25, 0.3) is 5.76 Å². The maximum Gasteiger partial charge on any atom is 0.251 e. The predicted octanol–water partition coefficient (Wildman–Crippen LogP) is 2.26. The van der Waals surface area contributed by atoms with E-state index in [0.29, 0.717) is 30.4 Å². The molecule has 1 aromatic rings. The second-order valence-electron chi connectivity index (χ2n) is 12.0. The number of likely N-dealkylation sites (N-methyl/N-ethyl adjacent to an activating group) is 1. The van der Waals surface area contributed by atoms with Crippen LogP contribution in [0.15, 0.2) is 29.0 Å². The van der Waals surface area contributed by atoms with Crippen LogP contribution in [-0.2, 0) is 16.0 Å². The fraction of sp³-hybridized carbons (Fsp3) is 0.548. The minimum absolute atomic E-state index is 0.127. The maximum absolute atomic E-state index is 14.1. The van der Waals surface area contributed by atoms with Gasteiger partial charge in [-0.05, 0) is 89.3 Å². The van der Waals surface area contributed by atoms with Gasteiger partial charge in [0, 0.05) is 24.1 Å². The lowest BCUT2D eigenvalue weighted by atomic mass is 9.55. The van der Waals surface area contributed by atoms with Crippen molar-refractivity contribution in [1.29, 1.82) is 0 Å². The molecule has 6 N–H and O–H groups in total. The molecule has 1 heterocycles. The lowest BCUT2D eigenvalue weighted by molar-refractivity contribution is -0.139. The summed E-state index contributed by atoms with van der Waals surface area (Å²) in [5.41, 5.74) is 4.83. The van der Waals surface area contributed by atoms with Gasteiger partial charge in [-0.25, -0.2) is 0 Å². The van der Waals surface area contributed by atoms with E-state index in [-0.39, 0.29) is 34.0 Å². The van der Waals surface area contributed by atoms with Crippen LogP contribution in [0, 0.1) is 29.6 Å². The Bertz CT molecular complexity index is 1360. The van der Waals surface area contributed by atoms with Gasteiger partial charge in [-0.3, -0.25) is 14.5 Å². The number of fused-ring (bicyclic) bond motifs is 3. The number of aliphatic hydroxyl groups is 3. The minimum Gasteiger partial charge on any atom is -0.510 e. The van der Waals surface area contributed by atoms with E-state index in [4.69, 9.17) is 5.73 Å². The highest BCUT2D eigenvalue weighted by molar-refractivity contribution is 6.08. The molecule has 5 atom stereocenters. The molecule has 2 fully saturated rings. The molecule has 0 spiro atoms. The molecule has 1 amide bonds. The van der Waals surface area contributed by atoms with Crippen molar-refractivity contribution in [1.82, 2.24) is 9.80 Å². The van der Waals surface area contributed by atoms with Gasteiger partial charge in [0.2, 0.25) is 0 Å². The van der Waals surface area contributed by atoms with Gasteiger partial charge >= 0.3 is 0 Å². The molecule has 4 aliphatic rings. The van der Waals surface area contributed by atoms with Gasteiger partial charge in [0.1, 0.15) is 22.9 Å². The van der Waals surface area contributed by atoms with Gasteiger partial charge in [0.15, 0.2) is 5.78 Å². The number of nitrogens with two attached hydrogens (primary N) is 1. The first-order valence-corrected chi connectivity index (χ1v) is 14.1. The number of rotatable bonds is 4. The van der Waals surface area contributed by atoms with E-state index >= 15 is 0 Å². The summed E-state index contributed by atoms with van der Waals surface area (Å²) in [4.78, 5) is 30.5. The molecular weight excluding hydrogens is 510 g/mol. The van der Waals surface area contributed by atoms with E-state index in [0.717, 1.165) is 19.6 Å². The molecule has 3 aliphatic carbocycles. The van der Waals surface area contributed by atoms with Crippen molar-refractivity contribution in [3.8, 4) is 17.6 Å². The number of aliphatic hydroxyl groups excluding tert-OH is 2. The highest BCUT2D eigenvalue weighted by Crippen LogP contribution is 2.54. The van der Waals surface area contributed by atoms with Crippen LogP contribution in [-0.4, -0.2) is 87.3 Å². The molecule has 1 saturated carbocycles. The highest BCUT2D eigenvalue weighted by Gasteiger charge is 2.60. The van der Waals surface area contributed by atoms with E-state index < -0.39 is 41.1 Å². The van der Waals surface area contributed by atoms with Crippen LogP contribution in [0.1, 0.15) is 55.7 Å². The smallest absolute Gasteiger partial charge is 0.251 e. The van der Waals surface area contributed by atoms with Gasteiger partial charge in [-0.2, -0.15) is 0 Å². The lowest BCUT2D eigenvalue weighted by Crippen LogP contribution is -2.61. The van der Waals surface area contributed by atoms with Crippen LogP contribution in [0.5, 0.6) is 5.75 Å². The summed E-state index contributed by atoms with van der Waals surface area (Å²) in [7, 11) is 3.46. The average Bonchev–Trinajstić information content (AvgIpc) is 2.87. The number of likely N-dealkylation sites (tertiary alicyclic amines) is 1. The van der Waals surface area contributed by atoms with Crippen LogP contribution in [0.3, 0.4) is 0 Å². The molecule has 9 nitrogen and oxygen atoms in total. The Balaban J connectivity index is 1.53. The van der Waals surface area contributed by atoms with Crippen molar-refractivity contribution in [2.75, 3.05) is 33.7 Å². The Morgan fingerprint density at radius 3 is 2.52 bits per heavy atom. The lowest BCUT2D eigenvalue weighted by Gasteiger charge is -2.52. The molecule has 0 aromatic heterocycles. The van der Waals surface area contributed by atoms with Crippen LogP contribution >= 0.6 is 0 Å². The number of phenolic OH excluding ortho intramolecular Hbond substituents is 1. The van der Waals surface area contributed by atoms with E-state index in [1.54, 1.807) is 25.1 Å². The number of Topliss-reactive ketones (excluding diaryl/α,β-unsaturated/α-hetero) is 1. The third-order valence-electron chi connectivity index (χ3n) is 9.26. The van der Waals surface area contributed by atoms with Crippen molar-refractivity contribution >= 4 is 17.4 Å². The van der Waals surface area contributed by atoms with Crippen LogP contribution < -0.4 is 5.73 Å². The molecule has 0 bridgehead atoms. The maximum atomic E-state index is 14.1. The number of nitrogens with zero attached hydrogens (tertiary/aromatic N) is 2. The van der Waals surface area contributed by atoms with Gasteiger partial charge in [0.05, 0.1) is 23.1 Å². The zero-order valence-corrected chi connectivity index (χ0v) is 23.4. The number of benzene rings is 1. The van der Waals surface area contributed by atoms with E-state index in [1.165, 1.54) is 32.3 Å². The van der Waals surface area contributed by atoms with Crippen LogP contribution in [0.2, 0.25) is 0 Å². The molecule has 4 unspecified atom stereocenters. The second kappa shape index (κ2) is 10.6. The third kappa shape index (κ3) is 4.58. The number of carbonyl (C=O) groups is 2. The first kappa shape index (κ1) is 28.2. The van der Waals surface area contributed by atoms with E-state index in [1.807, 2.05) is 0 Å². The number of hydrogen-bond acceptors (Lipinski definition) is 8. The van der Waals surface area contributed by atoms with Gasteiger partial charge in [0.25, 0.3) is 5.91 Å². The molecular formula is C31H39N3O6. The number of hydrogen-bond donors (Lipinski definition) is 5. The highest BCUT2D eigenvalue weighted by atomic mass is 16.3. The number of ketones is 1. The van der Waals surface area contributed by atoms with E-state index in [9.17, 15) is 30.0 Å². The molecule has 1 saturated heterocycles. The Kier molecular flexibility index (Phi) is 7.47. The number of carbonyl (C=O) groups excluding carboxylic acids is 2. The quantitative estimate of drug-likeness (QED) is 0.359. The topological polar surface area (TPSA) is 148 Å². The number of aromatic hydroxyl groups is 1. The fourth-order valence-electron chi connectivity index (χ4n) is 7.56. The van der Waals surface area contributed by atoms with E-state index in [2.05, 4.69) is 16.7 Å². The number of phenols is 1. The van der Waals surface area contributed by atoms with Gasteiger partial charge in [-0.1, -0.05) is 18.3 Å². The SMILES string of the molecule is CN(C)[C@@H]1C(O)=C(C(N)=O)C(C)(O)C2C(=O)C3=C(O)c4c(O)ccc(C#CCCN5CCCCC5)c4CC3CC21. The Morgan fingerprint density at radius 1 is 1.18 bits per heavy atom. The number of amides is 1. The zero-order valence-electron chi connectivity index (χ0n) is 23.4. The molecule has 40 heavy (non-hydrogen) atoms. The van der Waals surface area contributed by atoms with Crippen molar-refractivity contribution in [2.45, 2.75) is 57.1 Å². The Labute approximate surface area is 235 Å². The summed E-state index contributed by atoms with van der Waals surface area (Å²) >= 11 is 0. The summed E-state index contributed by atoms with van der Waals surface area (Å²) in [6.07, 6.45) is 5.15. The molecule has 9 heteroatoms. The molecule has 0 radical (unpaired) electrons. The monoisotopic (exact) mass is 549 g/mol. The molecule has 1 aliphatic heterocycles. The van der Waals surface area contributed by atoms with Crippen molar-refractivity contribution in [2.24, 2.45) is 23.5 Å². The van der Waals surface area contributed by atoms with Crippen molar-refractivity contribution in [3.63, 3.8) is 0 Å². The largest absolute Gasteiger partial charge is 0.510 e. The first-order valence-electron chi connectivity index (χ1n) is 14.1. The van der Waals surface area contributed by atoms with Gasteiger partial charge < -0.3 is 31.1 Å². The van der Waals surface area contributed by atoms with Gasteiger partial charge in [-0.15, -0.1) is 0 Å². The van der Waals surface area contributed by atoms with Crippen molar-refractivity contribution in [3.05, 3.63) is 45.7 Å². The Hall–Kier alpha value is -3.32. The first-order chi connectivity index (χ1) is 18.9. The fourth-order valence-corrected chi connectivity index (χ4v) is 7.56. The molecule has 1 aromatic carbocycles. The summed E-state index contributed by atoms with van der Waals surface area (Å²) in [5.74, 6) is 2.10. The standard InChI is InChI=1S/C31H39N3O6/c1-31(40)24-20(26(33(2)3)29(38)25(31)30(32)39)16-18-15-19-17(9-5-8-14-34-12-6-4-7-13-34)10-11-21(35)23(19)27(36)22(18)28(24)37/h10-11,18,20,24,26,35-36,38,40H,4,6-8,12-16H2,1-3H3,(H2,32,39)/t18?,20?,24?,26-,31?/m0/s1. The normalized spacial score (nSPS) is 30.4. The summed E-state index contributed by atoms with van der Waals surface area (Å²) < 4.78 is 0. The number of piperidine rings is 1. The minimum atomic E-state index is -2.04.